The first kappa shape index (κ1) is 19.3. The minimum Gasteiger partial charge on any atom is -0.355 e. The maximum atomic E-state index is 3.61. The molecule has 6 aromatic carbocycles. The Bertz CT molecular complexity index is 1580. The molecule has 0 saturated heterocycles. The summed E-state index contributed by atoms with van der Waals surface area (Å²) in [6, 6.07) is 47.4. The van der Waals surface area contributed by atoms with Gasteiger partial charge >= 0.3 is 0 Å². The largest absolute Gasteiger partial charge is 0.355 e. The molecule has 0 radical (unpaired) electrons. The van der Waals surface area contributed by atoms with Crippen LogP contribution in [0.2, 0.25) is 0 Å². The van der Waals surface area contributed by atoms with Gasteiger partial charge in [-0.1, -0.05) is 103 Å². The van der Waals surface area contributed by atoms with Crippen LogP contribution in [0, 0.1) is 0 Å². The Morgan fingerprint density at radius 1 is 0.364 bits per heavy atom. The van der Waals surface area contributed by atoms with Crippen LogP contribution < -0.4 is 5.32 Å². The third-order valence-corrected chi connectivity index (χ3v) is 6.20. The highest BCUT2D eigenvalue weighted by Gasteiger charge is 2.09. The van der Waals surface area contributed by atoms with Crippen LogP contribution in [0.25, 0.3) is 43.8 Å². The molecule has 1 N–H and O–H groups in total. The Kier molecular flexibility index (Phi) is 4.86. The van der Waals surface area contributed by atoms with Gasteiger partial charge in [-0.15, -0.1) is 0 Å². The Labute approximate surface area is 194 Å². The second-order valence-corrected chi connectivity index (χ2v) is 8.34. The molecule has 0 fully saturated rings. The van der Waals surface area contributed by atoms with E-state index in [2.05, 4.69) is 133 Å². The molecule has 0 aliphatic carbocycles. The van der Waals surface area contributed by atoms with Crippen molar-refractivity contribution in [1.82, 2.24) is 0 Å². The molecule has 0 saturated carbocycles. The standard InChI is InChI=1S/C32H23N/c1-2-10-23(11-3-1)24-13-8-15-27(20-24)33-28-16-9-14-25(21-28)32-22-26-12-4-5-17-29(26)30-18-6-7-19-31(30)32/h1-22,33H. The highest BCUT2D eigenvalue weighted by atomic mass is 14.9. The summed E-state index contributed by atoms with van der Waals surface area (Å²) in [5.41, 5.74) is 7.05. The molecule has 0 bridgehead atoms. The summed E-state index contributed by atoms with van der Waals surface area (Å²) < 4.78 is 0. The van der Waals surface area contributed by atoms with Crippen LogP contribution >= 0.6 is 0 Å². The van der Waals surface area contributed by atoms with Crippen LogP contribution in [-0.2, 0) is 0 Å². The van der Waals surface area contributed by atoms with Gasteiger partial charge in [0, 0.05) is 11.4 Å². The smallest absolute Gasteiger partial charge is 0.0390 e. The number of fused-ring (bicyclic) bond motifs is 3. The maximum Gasteiger partial charge on any atom is 0.0390 e. The lowest BCUT2D eigenvalue weighted by Gasteiger charge is -2.13. The lowest BCUT2D eigenvalue weighted by atomic mass is 9.93. The molecule has 0 amide bonds. The van der Waals surface area contributed by atoms with E-state index in [-0.39, 0.29) is 0 Å². The van der Waals surface area contributed by atoms with E-state index in [1.165, 1.54) is 43.8 Å². The van der Waals surface area contributed by atoms with E-state index in [9.17, 15) is 0 Å². The highest BCUT2D eigenvalue weighted by molar-refractivity contribution is 6.13. The average Bonchev–Trinajstić information content (AvgIpc) is 2.89. The van der Waals surface area contributed by atoms with Gasteiger partial charge < -0.3 is 5.32 Å². The highest BCUT2D eigenvalue weighted by Crippen LogP contribution is 2.36. The van der Waals surface area contributed by atoms with E-state index in [0.29, 0.717) is 0 Å². The molecule has 0 atom stereocenters. The van der Waals surface area contributed by atoms with Gasteiger partial charge in [-0.05, 0) is 74.1 Å². The van der Waals surface area contributed by atoms with Crippen LogP contribution in [0.4, 0.5) is 11.4 Å². The average molecular weight is 422 g/mol. The fourth-order valence-corrected chi connectivity index (χ4v) is 4.63. The van der Waals surface area contributed by atoms with E-state index in [0.717, 1.165) is 11.4 Å². The fraction of sp³-hybridized carbons (Fsp3) is 0. The topological polar surface area (TPSA) is 12.0 Å². The second kappa shape index (κ2) is 8.29. The summed E-state index contributed by atoms with van der Waals surface area (Å²) in [4.78, 5) is 0. The van der Waals surface area contributed by atoms with Crippen molar-refractivity contribution < 1.29 is 0 Å². The molecule has 1 heteroatoms. The quantitative estimate of drug-likeness (QED) is 0.280. The van der Waals surface area contributed by atoms with Gasteiger partial charge in [0.1, 0.15) is 0 Å². The van der Waals surface area contributed by atoms with Crippen LogP contribution in [0.15, 0.2) is 133 Å². The Morgan fingerprint density at radius 2 is 0.939 bits per heavy atom. The monoisotopic (exact) mass is 421 g/mol. The lowest BCUT2D eigenvalue weighted by molar-refractivity contribution is 1.54. The number of anilines is 2. The van der Waals surface area contributed by atoms with Crippen molar-refractivity contribution in [2.45, 2.75) is 0 Å². The molecular weight excluding hydrogens is 398 g/mol. The maximum absolute atomic E-state index is 3.61. The van der Waals surface area contributed by atoms with Crippen molar-refractivity contribution in [1.29, 1.82) is 0 Å². The fourth-order valence-electron chi connectivity index (χ4n) is 4.63. The summed E-state index contributed by atoms with van der Waals surface area (Å²) in [6.45, 7) is 0. The van der Waals surface area contributed by atoms with E-state index in [1.807, 2.05) is 6.07 Å². The van der Waals surface area contributed by atoms with E-state index >= 15 is 0 Å². The van der Waals surface area contributed by atoms with Crippen LogP contribution in [0.5, 0.6) is 0 Å². The second-order valence-electron chi connectivity index (χ2n) is 8.34. The Hall–Kier alpha value is -4.36. The molecule has 6 aromatic rings. The van der Waals surface area contributed by atoms with E-state index < -0.39 is 0 Å². The first-order valence-corrected chi connectivity index (χ1v) is 11.3. The SMILES string of the molecule is c1ccc(-c2cccc(Nc3cccc(-c4cc5ccccc5c5ccccc45)c3)c2)cc1. The minimum absolute atomic E-state index is 1.08. The van der Waals surface area contributed by atoms with Gasteiger partial charge in [0.05, 0.1) is 0 Å². The van der Waals surface area contributed by atoms with Gasteiger partial charge in [0.25, 0.3) is 0 Å². The molecule has 0 spiro atoms. The van der Waals surface area contributed by atoms with Crippen molar-refractivity contribution in [2.24, 2.45) is 0 Å². The van der Waals surface area contributed by atoms with Gasteiger partial charge in [-0.25, -0.2) is 0 Å². The number of hydrogen-bond acceptors (Lipinski definition) is 1. The molecule has 0 aromatic heterocycles. The predicted octanol–water partition coefficient (Wildman–Crippen LogP) is 9.07. The van der Waals surface area contributed by atoms with Gasteiger partial charge in [0.2, 0.25) is 0 Å². The minimum atomic E-state index is 1.08. The van der Waals surface area contributed by atoms with Gasteiger partial charge in [-0.2, -0.15) is 0 Å². The third-order valence-electron chi connectivity index (χ3n) is 6.20. The summed E-state index contributed by atoms with van der Waals surface area (Å²) in [7, 11) is 0. The zero-order chi connectivity index (χ0) is 22.0. The molecule has 0 unspecified atom stereocenters. The summed E-state index contributed by atoms with van der Waals surface area (Å²) in [6.07, 6.45) is 0. The van der Waals surface area contributed by atoms with Crippen molar-refractivity contribution in [3.8, 4) is 22.3 Å². The number of benzene rings is 6. The summed E-state index contributed by atoms with van der Waals surface area (Å²) >= 11 is 0. The normalized spacial score (nSPS) is 11.0. The molecule has 0 heterocycles. The Morgan fingerprint density at radius 3 is 1.73 bits per heavy atom. The van der Waals surface area contributed by atoms with E-state index in [4.69, 9.17) is 0 Å². The zero-order valence-corrected chi connectivity index (χ0v) is 18.2. The van der Waals surface area contributed by atoms with Crippen molar-refractivity contribution >= 4 is 32.9 Å². The Balaban J connectivity index is 1.41. The third kappa shape index (κ3) is 3.75. The first-order valence-electron chi connectivity index (χ1n) is 11.3. The van der Waals surface area contributed by atoms with Crippen molar-refractivity contribution in [3.63, 3.8) is 0 Å². The number of rotatable bonds is 4. The number of nitrogens with one attached hydrogen (secondary N) is 1. The predicted molar refractivity (Wildman–Crippen MR) is 142 cm³/mol. The molecule has 33 heavy (non-hydrogen) atoms. The molecular formula is C32H23N. The first-order chi connectivity index (χ1) is 16.3. The molecule has 0 aliphatic heterocycles. The molecule has 6 rings (SSSR count). The molecule has 156 valence electrons. The van der Waals surface area contributed by atoms with Crippen molar-refractivity contribution in [3.05, 3.63) is 133 Å². The van der Waals surface area contributed by atoms with Crippen LogP contribution in [0.1, 0.15) is 0 Å². The van der Waals surface area contributed by atoms with Gasteiger partial charge in [0.15, 0.2) is 0 Å². The zero-order valence-electron chi connectivity index (χ0n) is 18.2. The number of hydrogen-bond donors (Lipinski definition) is 1. The molecule has 0 aliphatic rings. The van der Waals surface area contributed by atoms with Crippen LogP contribution in [-0.4, -0.2) is 0 Å². The molecule has 1 nitrogen and oxygen atoms in total. The van der Waals surface area contributed by atoms with Crippen molar-refractivity contribution in [2.75, 3.05) is 5.32 Å². The lowest BCUT2D eigenvalue weighted by Crippen LogP contribution is -1.92. The van der Waals surface area contributed by atoms with Gasteiger partial charge in [-0.3, -0.25) is 0 Å². The summed E-state index contributed by atoms with van der Waals surface area (Å²) in [5.74, 6) is 0. The van der Waals surface area contributed by atoms with Crippen LogP contribution in [0.3, 0.4) is 0 Å². The summed E-state index contributed by atoms with van der Waals surface area (Å²) in [5, 5.41) is 8.74. The van der Waals surface area contributed by atoms with E-state index in [1.54, 1.807) is 0 Å².